The zero-order valence-electron chi connectivity index (χ0n) is 6.07. The molecule has 9 heavy (non-hydrogen) atoms. The average Bonchev–Trinajstić information content (AvgIpc) is 1.80. The van der Waals surface area contributed by atoms with E-state index in [0.29, 0.717) is 6.42 Å². The standard InChI is InChI=1S/C7H16FN/c1-7(8)5-3-2-4-6-9/h7H,2-6,9H2,1H3/t7-/m0/s1. The van der Waals surface area contributed by atoms with Crippen LogP contribution >= 0.6 is 0 Å². The van der Waals surface area contributed by atoms with Crippen molar-refractivity contribution in [3.63, 3.8) is 0 Å². The first-order valence-electron chi connectivity index (χ1n) is 3.61. The molecule has 56 valence electrons. The third-order valence-electron chi connectivity index (χ3n) is 1.31. The Morgan fingerprint density at radius 3 is 2.44 bits per heavy atom. The summed E-state index contributed by atoms with van der Waals surface area (Å²) in [5, 5.41) is 0. The molecule has 1 atom stereocenters. The number of nitrogens with two attached hydrogens (primary N) is 1. The van der Waals surface area contributed by atoms with E-state index in [1.54, 1.807) is 6.92 Å². The fourth-order valence-electron chi connectivity index (χ4n) is 0.747. The third-order valence-corrected chi connectivity index (χ3v) is 1.31. The Morgan fingerprint density at radius 1 is 1.33 bits per heavy atom. The van der Waals surface area contributed by atoms with Gasteiger partial charge in [0.1, 0.15) is 0 Å². The molecule has 0 rings (SSSR count). The quantitative estimate of drug-likeness (QED) is 0.569. The first-order chi connectivity index (χ1) is 4.27. The Balaban J connectivity index is 2.75. The average molecular weight is 133 g/mol. The van der Waals surface area contributed by atoms with Crippen LogP contribution < -0.4 is 5.73 Å². The van der Waals surface area contributed by atoms with Crippen LogP contribution in [0.3, 0.4) is 0 Å². The second kappa shape index (κ2) is 6.02. The molecule has 1 nitrogen and oxygen atoms in total. The molecule has 0 aromatic carbocycles. The molecule has 0 amide bonds. The van der Waals surface area contributed by atoms with Crippen molar-refractivity contribution >= 4 is 0 Å². The highest BCUT2D eigenvalue weighted by Gasteiger charge is 1.95. The summed E-state index contributed by atoms with van der Waals surface area (Å²) in [5.41, 5.74) is 5.25. The normalized spacial score (nSPS) is 13.7. The van der Waals surface area contributed by atoms with E-state index < -0.39 is 6.17 Å². The maximum absolute atomic E-state index is 12.1. The lowest BCUT2D eigenvalue weighted by molar-refractivity contribution is 0.330. The van der Waals surface area contributed by atoms with Gasteiger partial charge in [0, 0.05) is 0 Å². The number of alkyl halides is 1. The van der Waals surface area contributed by atoms with E-state index in [1.807, 2.05) is 0 Å². The van der Waals surface area contributed by atoms with Gasteiger partial charge in [-0.1, -0.05) is 12.8 Å². The highest BCUT2D eigenvalue weighted by Crippen LogP contribution is 2.04. The van der Waals surface area contributed by atoms with Gasteiger partial charge in [-0.25, -0.2) is 4.39 Å². The first-order valence-corrected chi connectivity index (χ1v) is 3.61. The molecule has 0 radical (unpaired) electrons. The molecular weight excluding hydrogens is 117 g/mol. The van der Waals surface area contributed by atoms with E-state index in [2.05, 4.69) is 0 Å². The molecule has 0 saturated heterocycles. The minimum absolute atomic E-state index is 0.636. The summed E-state index contributed by atoms with van der Waals surface area (Å²) in [7, 11) is 0. The summed E-state index contributed by atoms with van der Waals surface area (Å²) in [6.45, 7) is 2.34. The third kappa shape index (κ3) is 7.89. The van der Waals surface area contributed by atoms with Crippen LogP contribution in [-0.2, 0) is 0 Å². The van der Waals surface area contributed by atoms with Gasteiger partial charge in [0.05, 0.1) is 6.17 Å². The van der Waals surface area contributed by atoms with Gasteiger partial charge in [0.25, 0.3) is 0 Å². The molecule has 0 aliphatic rings. The van der Waals surface area contributed by atoms with Gasteiger partial charge in [-0.2, -0.15) is 0 Å². The van der Waals surface area contributed by atoms with Crippen LogP contribution in [0.2, 0.25) is 0 Å². The predicted molar refractivity (Wildman–Crippen MR) is 38.1 cm³/mol. The van der Waals surface area contributed by atoms with Gasteiger partial charge in [-0.3, -0.25) is 0 Å². The van der Waals surface area contributed by atoms with Crippen molar-refractivity contribution in [2.45, 2.75) is 38.8 Å². The monoisotopic (exact) mass is 133 g/mol. The minimum Gasteiger partial charge on any atom is -0.330 e. The summed E-state index contributed by atoms with van der Waals surface area (Å²) >= 11 is 0. The van der Waals surface area contributed by atoms with Crippen molar-refractivity contribution in [1.29, 1.82) is 0 Å². The Morgan fingerprint density at radius 2 is 2.00 bits per heavy atom. The highest BCUT2D eigenvalue weighted by molar-refractivity contribution is 4.48. The van der Waals surface area contributed by atoms with Gasteiger partial charge in [0.15, 0.2) is 0 Å². The van der Waals surface area contributed by atoms with Crippen molar-refractivity contribution in [3.05, 3.63) is 0 Å². The van der Waals surface area contributed by atoms with Gasteiger partial charge < -0.3 is 5.73 Å². The van der Waals surface area contributed by atoms with Crippen molar-refractivity contribution < 1.29 is 4.39 Å². The summed E-state index contributed by atoms with van der Waals surface area (Å²) in [5.74, 6) is 0. The lowest BCUT2D eigenvalue weighted by Crippen LogP contribution is -1.99. The van der Waals surface area contributed by atoms with E-state index in [-0.39, 0.29) is 0 Å². The lowest BCUT2D eigenvalue weighted by atomic mass is 10.1. The van der Waals surface area contributed by atoms with Gasteiger partial charge >= 0.3 is 0 Å². The molecule has 0 fully saturated rings. The van der Waals surface area contributed by atoms with E-state index in [1.165, 1.54) is 0 Å². The molecule has 2 N–H and O–H groups in total. The molecule has 0 aliphatic carbocycles. The molecule has 0 aromatic heterocycles. The minimum atomic E-state index is -0.636. The number of rotatable bonds is 5. The van der Waals surface area contributed by atoms with Crippen LogP contribution in [0.4, 0.5) is 4.39 Å². The SMILES string of the molecule is C[C@H](F)CCCCCN. The maximum atomic E-state index is 12.1. The van der Waals surface area contributed by atoms with Crippen molar-refractivity contribution in [3.8, 4) is 0 Å². The van der Waals surface area contributed by atoms with E-state index in [0.717, 1.165) is 25.8 Å². The molecule has 0 aromatic rings. The second-order valence-corrected chi connectivity index (χ2v) is 2.42. The Bertz CT molecular complexity index is 54.9. The van der Waals surface area contributed by atoms with Crippen LogP contribution in [0.1, 0.15) is 32.6 Å². The zero-order valence-corrected chi connectivity index (χ0v) is 6.07. The van der Waals surface area contributed by atoms with Crippen molar-refractivity contribution in [1.82, 2.24) is 0 Å². The van der Waals surface area contributed by atoms with Crippen LogP contribution in [0.15, 0.2) is 0 Å². The summed E-state index contributed by atoms with van der Waals surface area (Å²) < 4.78 is 12.1. The molecule has 0 aliphatic heterocycles. The fraction of sp³-hybridized carbons (Fsp3) is 1.00. The highest BCUT2D eigenvalue weighted by atomic mass is 19.1. The topological polar surface area (TPSA) is 26.0 Å². The lowest BCUT2D eigenvalue weighted by Gasteiger charge is -1.99. The van der Waals surface area contributed by atoms with E-state index in [9.17, 15) is 4.39 Å². The summed E-state index contributed by atoms with van der Waals surface area (Å²) in [6.07, 6.45) is 3.15. The van der Waals surface area contributed by atoms with Crippen LogP contribution in [0.25, 0.3) is 0 Å². The largest absolute Gasteiger partial charge is 0.330 e. The maximum Gasteiger partial charge on any atom is 0.0973 e. The smallest absolute Gasteiger partial charge is 0.0973 e. The van der Waals surface area contributed by atoms with Gasteiger partial charge in [-0.05, 0) is 26.3 Å². The van der Waals surface area contributed by atoms with E-state index in [4.69, 9.17) is 5.73 Å². The molecule has 0 bridgehead atoms. The van der Waals surface area contributed by atoms with Crippen molar-refractivity contribution in [2.24, 2.45) is 5.73 Å². The number of halogens is 1. The molecular formula is C7H16FN. The summed E-state index contributed by atoms with van der Waals surface area (Å²) in [4.78, 5) is 0. The first kappa shape index (κ1) is 8.89. The van der Waals surface area contributed by atoms with Crippen LogP contribution in [-0.4, -0.2) is 12.7 Å². The number of unbranched alkanes of at least 4 members (excludes halogenated alkanes) is 2. The molecule has 2 heteroatoms. The molecule has 0 heterocycles. The number of hydrogen-bond donors (Lipinski definition) is 1. The zero-order chi connectivity index (χ0) is 7.11. The van der Waals surface area contributed by atoms with Crippen LogP contribution in [0, 0.1) is 0 Å². The summed E-state index contributed by atoms with van der Waals surface area (Å²) in [6, 6.07) is 0. The van der Waals surface area contributed by atoms with Crippen LogP contribution in [0.5, 0.6) is 0 Å². The Labute approximate surface area is 56.4 Å². The van der Waals surface area contributed by atoms with Crippen molar-refractivity contribution in [2.75, 3.05) is 6.54 Å². The van der Waals surface area contributed by atoms with Gasteiger partial charge in [0.2, 0.25) is 0 Å². The molecule has 0 spiro atoms. The molecule has 0 saturated carbocycles. The number of hydrogen-bond acceptors (Lipinski definition) is 1. The molecule has 0 unspecified atom stereocenters. The second-order valence-electron chi connectivity index (χ2n) is 2.42. The van der Waals surface area contributed by atoms with Gasteiger partial charge in [-0.15, -0.1) is 0 Å². The predicted octanol–water partition coefficient (Wildman–Crippen LogP) is 1.86. The Hall–Kier alpha value is -0.110. The Kier molecular flexibility index (Phi) is 5.94. The fourth-order valence-corrected chi connectivity index (χ4v) is 0.747. The van der Waals surface area contributed by atoms with E-state index >= 15 is 0 Å².